The first-order valence-electron chi connectivity index (χ1n) is 6.27. The molecule has 0 aliphatic carbocycles. The first kappa shape index (κ1) is 15.2. The van der Waals surface area contributed by atoms with Crippen LogP contribution in [0.25, 0.3) is 0 Å². The lowest BCUT2D eigenvalue weighted by Gasteiger charge is -2.18. The van der Waals surface area contributed by atoms with Crippen molar-refractivity contribution in [3.8, 4) is 11.8 Å². The number of aromatic nitrogens is 1. The molecule has 0 saturated carbocycles. The van der Waals surface area contributed by atoms with E-state index in [1.807, 2.05) is 0 Å². The van der Waals surface area contributed by atoms with Crippen molar-refractivity contribution < 1.29 is 9.90 Å². The Morgan fingerprint density at radius 1 is 1.47 bits per heavy atom. The predicted molar refractivity (Wildman–Crippen MR) is 74.6 cm³/mol. The van der Waals surface area contributed by atoms with Crippen molar-refractivity contribution in [2.45, 2.75) is 27.2 Å². The van der Waals surface area contributed by atoms with Gasteiger partial charge in [-0.3, -0.25) is 4.79 Å². The summed E-state index contributed by atoms with van der Waals surface area (Å²) in [6, 6.07) is 3.43. The van der Waals surface area contributed by atoms with Gasteiger partial charge in [0.2, 0.25) is 0 Å². The van der Waals surface area contributed by atoms with Gasteiger partial charge in [0, 0.05) is 12.7 Å². The quantitative estimate of drug-likeness (QED) is 0.811. The monoisotopic (exact) mass is 260 g/mol. The summed E-state index contributed by atoms with van der Waals surface area (Å²) >= 11 is 0. The second-order valence-corrected chi connectivity index (χ2v) is 5.43. The largest absolute Gasteiger partial charge is 0.384 e. The van der Waals surface area contributed by atoms with Crippen LogP contribution in [0.15, 0.2) is 18.3 Å². The molecule has 0 aromatic carbocycles. The fourth-order valence-electron chi connectivity index (χ4n) is 1.46. The molecule has 2 N–H and O–H groups in total. The van der Waals surface area contributed by atoms with Crippen molar-refractivity contribution in [3.63, 3.8) is 0 Å². The first-order valence-corrected chi connectivity index (χ1v) is 6.27. The summed E-state index contributed by atoms with van der Waals surface area (Å²) in [4.78, 5) is 16.1. The van der Waals surface area contributed by atoms with Gasteiger partial charge in [0.25, 0.3) is 5.91 Å². The Kier molecular flexibility index (Phi) is 5.53. The molecular weight excluding hydrogens is 240 g/mol. The van der Waals surface area contributed by atoms with Crippen LogP contribution in [0.3, 0.4) is 0 Å². The molecule has 0 aliphatic rings. The van der Waals surface area contributed by atoms with Crippen LogP contribution < -0.4 is 5.32 Å². The molecule has 0 radical (unpaired) electrons. The number of rotatable bonds is 3. The molecule has 0 bridgehead atoms. The minimum atomic E-state index is -0.236. The Morgan fingerprint density at radius 2 is 2.21 bits per heavy atom. The van der Waals surface area contributed by atoms with E-state index >= 15 is 0 Å². The standard InChI is InChI=1S/C15H20N2O2/c1-15(2,3)8-10-17-14(19)13-12(7-5-11-18)6-4-9-16-13/h4,6,9,18H,8,10-11H2,1-3H3,(H,17,19). The molecule has 19 heavy (non-hydrogen) atoms. The van der Waals surface area contributed by atoms with Crippen molar-refractivity contribution in [2.75, 3.05) is 13.2 Å². The lowest BCUT2D eigenvalue weighted by atomic mass is 9.92. The van der Waals surface area contributed by atoms with Gasteiger partial charge in [-0.25, -0.2) is 4.98 Å². The number of amides is 1. The fraction of sp³-hybridized carbons (Fsp3) is 0.467. The minimum absolute atomic E-state index is 0.178. The Balaban J connectivity index is 2.72. The third-order valence-electron chi connectivity index (χ3n) is 2.49. The van der Waals surface area contributed by atoms with Crippen molar-refractivity contribution in [1.29, 1.82) is 0 Å². The Morgan fingerprint density at radius 3 is 2.84 bits per heavy atom. The van der Waals surface area contributed by atoms with Crippen molar-refractivity contribution >= 4 is 5.91 Å². The number of aliphatic hydroxyl groups is 1. The highest BCUT2D eigenvalue weighted by Crippen LogP contribution is 2.17. The zero-order valence-electron chi connectivity index (χ0n) is 11.7. The molecule has 1 heterocycles. The zero-order chi connectivity index (χ0) is 14.3. The van der Waals surface area contributed by atoms with Gasteiger partial charge in [-0.05, 0) is 24.0 Å². The maximum Gasteiger partial charge on any atom is 0.271 e. The Labute approximate surface area is 114 Å². The average Bonchev–Trinajstić information content (AvgIpc) is 2.35. The highest BCUT2D eigenvalue weighted by atomic mass is 16.2. The molecule has 4 nitrogen and oxygen atoms in total. The summed E-state index contributed by atoms with van der Waals surface area (Å²) < 4.78 is 0. The predicted octanol–water partition coefficient (Wildman–Crippen LogP) is 1.59. The third kappa shape index (κ3) is 5.54. The van der Waals surface area contributed by atoms with E-state index in [4.69, 9.17) is 5.11 Å². The van der Waals surface area contributed by atoms with Crippen molar-refractivity contribution in [2.24, 2.45) is 5.41 Å². The van der Waals surface area contributed by atoms with E-state index in [1.54, 1.807) is 18.3 Å². The van der Waals surface area contributed by atoms with E-state index in [-0.39, 0.29) is 17.9 Å². The Hall–Kier alpha value is -1.86. The lowest BCUT2D eigenvalue weighted by molar-refractivity contribution is 0.0944. The summed E-state index contributed by atoms with van der Waals surface area (Å²) in [5.41, 5.74) is 1.01. The van der Waals surface area contributed by atoms with Crippen LogP contribution in [-0.2, 0) is 0 Å². The van der Waals surface area contributed by atoms with Crippen molar-refractivity contribution in [3.05, 3.63) is 29.6 Å². The normalized spacial score (nSPS) is 10.5. The second-order valence-electron chi connectivity index (χ2n) is 5.43. The van der Waals surface area contributed by atoms with Gasteiger partial charge in [-0.1, -0.05) is 32.6 Å². The number of pyridine rings is 1. The van der Waals surface area contributed by atoms with Crippen molar-refractivity contribution in [1.82, 2.24) is 10.3 Å². The number of hydrogen-bond acceptors (Lipinski definition) is 3. The molecule has 4 heteroatoms. The molecular formula is C15H20N2O2. The van der Waals surface area contributed by atoms with Crippen LogP contribution in [0.2, 0.25) is 0 Å². The lowest BCUT2D eigenvalue weighted by Crippen LogP contribution is -2.28. The molecule has 0 fully saturated rings. The number of nitrogens with zero attached hydrogens (tertiary/aromatic N) is 1. The SMILES string of the molecule is CC(C)(C)CCNC(=O)c1ncccc1C#CCO. The van der Waals surface area contributed by atoms with E-state index < -0.39 is 0 Å². The molecule has 0 saturated heterocycles. The van der Waals surface area contributed by atoms with Gasteiger partial charge in [-0.15, -0.1) is 0 Å². The van der Waals surface area contributed by atoms with Gasteiger partial charge in [0.15, 0.2) is 0 Å². The maximum atomic E-state index is 12.0. The number of hydrogen-bond donors (Lipinski definition) is 2. The number of nitrogens with one attached hydrogen (secondary N) is 1. The molecule has 0 aliphatic heterocycles. The highest BCUT2D eigenvalue weighted by molar-refractivity contribution is 5.94. The Bertz CT molecular complexity index is 493. The molecule has 1 rings (SSSR count). The minimum Gasteiger partial charge on any atom is -0.384 e. The van der Waals surface area contributed by atoms with Gasteiger partial charge < -0.3 is 10.4 Å². The average molecular weight is 260 g/mol. The molecule has 0 unspecified atom stereocenters. The van der Waals surface area contributed by atoms with Crippen LogP contribution in [-0.4, -0.2) is 29.1 Å². The zero-order valence-corrected chi connectivity index (χ0v) is 11.7. The highest BCUT2D eigenvalue weighted by Gasteiger charge is 2.13. The topological polar surface area (TPSA) is 62.2 Å². The van der Waals surface area contributed by atoms with Crippen LogP contribution in [0.1, 0.15) is 43.2 Å². The molecule has 1 aromatic rings. The molecule has 1 amide bonds. The first-order chi connectivity index (χ1) is 8.94. The number of carbonyl (C=O) groups is 1. The van der Waals surface area contributed by atoms with Gasteiger partial charge in [0.05, 0.1) is 5.56 Å². The molecule has 1 aromatic heterocycles. The van der Waals surface area contributed by atoms with Crippen LogP contribution in [0.5, 0.6) is 0 Å². The summed E-state index contributed by atoms with van der Waals surface area (Å²) in [7, 11) is 0. The molecule has 0 atom stereocenters. The van der Waals surface area contributed by atoms with E-state index in [2.05, 4.69) is 42.9 Å². The number of carbonyl (C=O) groups excluding carboxylic acids is 1. The summed E-state index contributed by atoms with van der Waals surface area (Å²) in [5.74, 6) is 5.02. The fourth-order valence-corrected chi connectivity index (χ4v) is 1.46. The van der Waals surface area contributed by atoms with Crippen LogP contribution >= 0.6 is 0 Å². The van der Waals surface area contributed by atoms with Crippen LogP contribution in [0.4, 0.5) is 0 Å². The van der Waals surface area contributed by atoms with E-state index in [0.717, 1.165) is 6.42 Å². The smallest absolute Gasteiger partial charge is 0.271 e. The van der Waals surface area contributed by atoms with E-state index in [9.17, 15) is 4.79 Å². The van der Waals surface area contributed by atoms with E-state index in [1.165, 1.54) is 0 Å². The number of aliphatic hydroxyl groups excluding tert-OH is 1. The molecule has 0 spiro atoms. The molecule has 102 valence electrons. The maximum absolute atomic E-state index is 12.0. The van der Waals surface area contributed by atoms with E-state index in [0.29, 0.717) is 17.8 Å². The summed E-state index contributed by atoms with van der Waals surface area (Å²) in [6.07, 6.45) is 2.45. The van der Waals surface area contributed by atoms with Gasteiger partial charge in [-0.2, -0.15) is 0 Å². The van der Waals surface area contributed by atoms with Crippen LogP contribution in [0, 0.1) is 17.3 Å². The third-order valence-corrected chi connectivity index (χ3v) is 2.49. The summed E-state index contributed by atoms with van der Waals surface area (Å²) in [6.45, 7) is 6.74. The second kappa shape index (κ2) is 6.91. The van der Waals surface area contributed by atoms with Gasteiger partial charge in [0.1, 0.15) is 12.3 Å². The van der Waals surface area contributed by atoms with Gasteiger partial charge >= 0.3 is 0 Å². The summed E-state index contributed by atoms with van der Waals surface area (Å²) in [5, 5.41) is 11.5.